The van der Waals surface area contributed by atoms with Crippen molar-refractivity contribution in [2.45, 2.75) is 23.8 Å². The third-order valence-corrected chi connectivity index (χ3v) is 5.39. The fourth-order valence-corrected chi connectivity index (χ4v) is 3.83. The van der Waals surface area contributed by atoms with Crippen molar-refractivity contribution in [1.29, 1.82) is 0 Å². The second kappa shape index (κ2) is 5.48. The zero-order valence-electron chi connectivity index (χ0n) is 10.3. The van der Waals surface area contributed by atoms with E-state index in [4.69, 9.17) is 10.9 Å². The minimum atomic E-state index is -3.74. The van der Waals surface area contributed by atoms with Gasteiger partial charge in [-0.25, -0.2) is 13.6 Å². The Kier molecular flexibility index (Phi) is 4.12. The minimum Gasteiger partial charge on any atom is -0.397 e. The van der Waals surface area contributed by atoms with Gasteiger partial charge in [0.25, 0.3) is 0 Å². The van der Waals surface area contributed by atoms with E-state index in [0.29, 0.717) is 22.9 Å². The highest BCUT2D eigenvalue weighted by atomic mass is 32.2. The summed E-state index contributed by atoms with van der Waals surface area (Å²) in [5, 5.41) is 8.29. The Bertz CT molecular complexity index is 591. The van der Waals surface area contributed by atoms with Gasteiger partial charge in [-0.3, -0.25) is 4.21 Å². The van der Waals surface area contributed by atoms with Gasteiger partial charge in [-0.2, -0.15) is 0 Å². The molecule has 2 rings (SSSR count). The summed E-state index contributed by atoms with van der Waals surface area (Å²) < 4.78 is 33.9. The molecule has 0 amide bonds. The number of nitrogens with one attached hydrogen (secondary N) is 1. The molecule has 0 saturated carbocycles. The number of sulfonamides is 1. The predicted octanol–water partition coefficient (Wildman–Crippen LogP) is 0.239. The third-order valence-electron chi connectivity index (χ3n) is 3.10. The number of nitrogen functional groups attached to an aromatic ring is 1. The maximum absolute atomic E-state index is 11.3. The Balaban J connectivity index is 2.18. The zero-order valence-corrected chi connectivity index (χ0v) is 12.0. The van der Waals surface area contributed by atoms with Crippen LogP contribution in [-0.2, 0) is 20.8 Å². The molecule has 106 valence electrons. The molecule has 1 saturated heterocycles. The molecule has 0 spiro atoms. The molecule has 1 heterocycles. The lowest BCUT2D eigenvalue weighted by Gasteiger charge is -2.24. The summed E-state index contributed by atoms with van der Waals surface area (Å²) in [5.74, 6) is 1.32. The van der Waals surface area contributed by atoms with E-state index in [9.17, 15) is 12.6 Å². The quantitative estimate of drug-likeness (QED) is 0.692. The van der Waals surface area contributed by atoms with E-state index in [1.165, 1.54) is 18.2 Å². The number of benzene rings is 1. The predicted molar refractivity (Wildman–Crippen MR) is 76.7 cm³/mol. The van der Waals surface area contributed by atoms with Crippen molar-refractivity contribution in [1.82, 2.24) is 0 Å². The van der Waals surface area contributed by atoms with Gasteiger partial charge in [0, 0.05) is 28.3 Å². The molecule has 1 aromatic rings. The monoisotopic (exact) mass is 303 g/mol. The van der Waals surface area contributed by atoms with E-state index in [1.807, 2.05) is 0 Å². The number of primary sulfonamides is 1. The highest BCUT2D eigenvalue weighted by Crippen LogP contribution is 2.25. The van der Waals surface area contributed by atoms with Crippen LogP contribution in [0.5, 0.6) is 0 Å². The first-order valence-corrected chi connectivity index (χ1v) is 8.93. The SMILES string of the molecule is Nc1ccc(S(N)(=O)=O)cc1NC1CCS(=O)CC1. The average Bonchev–Trinajstić information content (AvgIpc) is 2.33. The molecular formula is C11H17N3O3S2. The van der Waals surface area contributed by atoms with E-state index in [0.717, 1.165) is 12.8 Å². The Labute approximate surface area is 115 Å². The molecule has 6 nitrogen and oxygen atoms in total. The van der Waals surface area contributed by atoms with Crippen LogP contribution in [0.1, 0.15) is 12.8 Å². The summed E-state index contributed by atoms with van der Waals surface area (Å²) in [5.41, 5.74) is 6.85. The molecular weight excluding hydrogens is 286 g/mol. The van der Waals surface area contributed by atoms with Crippen molar-refractivity contribution in [3.05, 3.63) is 18.2 Å². The van der Waals surface area contributed by atoms with Crippen LogP contribution < -0.4 is 16.2 Å². The molecule has 0 radical (unpaired) electrons. The Morgan fingerprint density at radius 2 is 1.89 bits per heavy atom. The van der Waals surface area contributed by atoms with Gasteiger partial charge in [-0.05, 0) is 31.0 Å². The lowest BCUT2D eigenvalue weighted by Crippen LogP contribution is -2.29. The van der Waals surface area contributed by atoms with Crippen LogP contribution in [0.4, 0.5) is 11.4 Å². The zero-order chi connectivity index (χ0) is 14.0. The van der Waals surface area contributed by atoms with Gasteiger partial charge in [0.2, 0.25) is 10.0 Å². The van der Waals surface area contributed by atoms with Crippen LogP contribution in [-0.4, -0.2) is 30.2 Å². The van der Waals surface area contributed by atoms with Crippen molar-refractivity contribution >= 4 is 32.2 Å². The average molecular weight is 303 g/mol. The largest absolute Gasteiger partial charge is 0.397 e. The molecule has 0 aromatic heterocycles. The summed E-state index contributed by atoms with van der Waals surface area (Å²) in [6.45, 7) is 0. The first-order chi connectivity index (χ1) is 8.86. The Morgan fingerprint density at radius 3 is 2.47 bits per heavy atom. The lowest BCUT2D eigenvalue weighted by atomic mass is 10.1. The van der Waals surface area contributed by atoms with Crippen LogP contribution in [0, 0.1) is 0 Å². The van der Waals surface area contributed by atoms with Gasteiger partial charge in [0.1, 0.15) is 0 Å². The summed E-state index contributed by atoms with van der Waals surface area (Å²) >= 11 is 0. The molecule has 19 heavy (non-hydrogen) atoms. The second-order valence-corrected chi connectivity index (χ2v) is 7.82. The lowest BCUT2D eigenvalue weighted by molar-refractivity contribution is 0.597. The molecule has 0 unspecified atom stereocenters. The van der Waals surface area contributed by atoms with E-state index in [2.05, 4.69) is 5.32 Å². The van der Waals surface area contributed by atoms with Crippen LogP contribution >= 0.6 is 0 Å². The van der Waals surface area contributed by atoms with Crippen molar-refractivity contribution in [2.24, 2.45) is 5.14 Å². The number of nitrogens with two attached hydrogens (primary N) is 2. The van der Waals surface area contributed by atoms with Crippen LogP contribution in [0.2, 0.25) is 0 Å². The van der Waals surface area contributed by atoms with Crippen molar-refractivity contribution in [3.8, 4) is 0 Å². The minimum absolute atomic E-state index is 0.0311. The molecule has 1 aliphatic heterocycles. The summed E-state index contributed by atoms with van der Waals surface area (Å²) in [6, 6.07) is 4.50. The maximum Gasteiger partial charge on any atom is 0.238 e. The van der Waals surface area contributed by atoms with Crippen LogP contribution in [0.3, 0.4) is 0 Å². The highest BCUT2D eigenvalue weighted by Gasteiger charge is 2.19. The fraction of sp³-hybridized carbons (Fsp3) is 0.455. The van der Waals surface area contributed by atoms with E-state index < -0.39 is 20.8 Å². The standard InChI is InChI=1S/C11H17N3O3S2/c12-10-2-1-9(19(13,16)17)7-11(10)14-8-3-5-18(15)6-4-8/h1-2,7-8,14H,3-6,12H2,(H2,13,16,17). The van der Waals surface area contributed by atoms with Gasteiger partial charge >= 0.3 is 0 Å². The number of hydrogen-bond donors (Lipinski definition) is 3. The molecule has 0 atom stereocenters. The van der Waals surface area contributed by atoms with E-state index in [-0.39, 0.29) is 10.9 Å². The first-order valence-electron chi connectivity index (χ1n) is 5.90. The molecule has 5 N–H and O–H groups in total. The summed E-state index contributed by atoms with van der Waals surface area (Å²) in [6.07, 6.45) is 1.57. The van der Waals surface area contributed by atoms with Crippen molar-refractivity contribution < 1.29 is 12.6 Å². The second-order valence-electron chi connectivity index (χ2n) is 4.56. The molecule has 0 bridgehead atoms. The van der Waals surface area contributed by atoms with Crippen LogP contribution in [0.15, 0.2) is 23.1 Å². The number of anilines is 2. The smallest absolute Gasteiger partial charge is 0.238 e. The van der Waals surface area contributed by atoms with Gasteiger partial charge in [0.05, 0.1) is 16.3 Å². The highest BCUT2D eigenvalue weighted by molar-refractivity contribution is 7.89. The van der Waals surface area contributed by atoms with Crippen molar-refractivity contribution in [2.75, 3.05) is 22.6 Å². The molecule has 1 aliphatic rings. The third kappa shape index (κ3) is 3.68. The summed E-state index contributed by atoms with van der Waals surface area (Å²) in [4.78, 5) is 0.0311. The van der Waals surface area contributed by atoms with Gasteiger partial charge in [-0.15, -0.1) is 0 Å². The molecule has 0 aliphatic carbocycles. The molecule has 1 fully saturated rings. The Hall–Kier alpha value is -1.12. The fourth-order valence-electron chi connectivity index (χ4n) is 2.00. The Morgan fingerprint density at radius 1 is 1.26 bits per heavy atom. The van der Waals surface area contributed by atoms with E-state index in [1.54, 1.807) is 0 Å². The van der Waals surface area contributed by atoms with Gasteiger partial charge < -0.3 is 11.1 Å². The number of rotatable bonds is 3. The molecule has 8 heteroatoms. The topological polar surface area (TPSA) is 115 Å². The normalized spacial score (nSPS) is 24.1. The van der Waals surface area contributed by atoms with Crippen molar-refractivity contribution in [3.63, 3.8) is 0 Å². The van der Waals surface area contributed by atoms with Crippen LogP contribution in [0.25, 0.3) is 0 Å². The van der Waals surface area contributed by atoms with E-state index >= 15 is 0 Å². The van der Waals surface area contributed by atoms with Gasteiger partial charge in [0.15, 0.2) is 0 Å². The summed E-state index contributed by atoms with van der Waals surface area (Å²) in [7, 11) is -4.47. The van der Waals surface area contributed by atoms with Gasteiger partial charge in [-0.1, -0.05) is 0 Å². The number of hydrogen-bond acceptors (Lipinski definition) is 5. The maximum atomic E-state index is 11.3. The first kappa shape index (κ1) is 14.3. The molecule has 1 aromatic carbocycles.